The van der Waals surface area contributed by atoms with Gasteiger partial charge in [-0.1, -0.05) is 6.07 Å². The molecule has 1 unspecified atom stereocenters. The molecule has 5 nitrogen and oxygen atoms in total. The lowest BCUT2D eigenvalue weighted by atomic mass is 9.93. The summed E-state index contributed by atoms with van der Waals surface area (Å²) < 4.78 is 10.5. The molecule has 5 heteroatoms. The third kappa shape index (κ3) is 1.93. The van der Waals surface area contributed by atoms with Crippen molar-refractivity contribution >= 4 is 5.97 Å². The molecule has 17 heavy (non-hydrogen) atoms. The smallest absolute Gasteiger partial charge is 0.325 e. The van der Waals surface area contributed by atoms with Gasteiger partial charge >= 0.3 is 5.97 Å². The first-order valence-corrected chi connectivity index (χ1v) is 5.39. The molecule has 0 saturated carbocycles. The van der Waals surface area contributed by atoms with E-state index in [1.807, 2.05) is 0 Å². The Kier molecular flexibility index (Phi) is 3.19. The molecular formula is C12H15NO4. The highest BCUT2D eigenvalue weighted by atomic mass is 16.5. The first-order chi connectivity index (χ1) is 8.19. The number of nitrogens with one attached hydrogen (secondary N) is 1. The highest BCUT2D eigenvalue weighted by molar-refractivity contribution is 5.77. The monoisotopic (exact) mass is 237 g/mol. The minimum atomic E-state index is -0.877. The van der Waals surface area contributed by atoms with E-state index in [0.717, 1.165) is 17.5 Å². The minimum Gasteiger partial charge on any atom is -0.493 e. The van der Waals surface area contributed by atoms with Crippen molar-refractivity contribution in [1.82, 2.24) is 5.32 Å². The van der Waals surface area contributed by atoms with Crippen LogP contribution in [0.25, 0.3) is 0 Å². The molecule has 92 valence electrons. The van der Waals surface area contributed by atoms with Crippen LogP contribution in [-0.4, -0.2) is 31.8 Å². The minimum absolute atomic E-state index is 0.619. The Morgan fingerprint density at radius 1 is 1.41 bits per heavy atom. The fraction of sp³-hybridized carbons (Fsp3) is 0.417. The summed E-state index contributed by atoms with van der Waals surface area (Å²) in [7, 11) is 3.13. The summed E-state index contributed by atoms with van der Waals surface area (Å²) >= 11 is 0. The van der Waals surface area contributed by atoms with Crippen molar-refractivity contribution in [2.45, 2.75) is 12.5 Å². The number of ether oxygens (including phenoxy) is 2. The van der Waals surface area contributed by atoms with Crippen LogP contribution in [0.4, 0.5) is 0 Å². The van der Waals surface area contributed by atoms with E-state index in [1.54, 1.807) is 26.4 Å². The Morgan fingerprint density at radius 2 is 2.18 bits per heavy atom. The Balaban J connectivity index is 2.54. The molecule has 0 saturated heterocycles. The van der Waals surface area contributed by atoms with Gasteiger partial charge in [-0.3, -0.25) is 4.79 Å². The predicted octanol–water partition coefficient (Wildman–Crippen LogP) is 0.975. The van der Waals surface area contributed by atoms with E-state index in [1.165, 1.54) is 0 Å². The number of rotatable bonds is 3. The predicted molar refractivity (Wildman–Crippen MR) is 61.6 cm³/mol. The number of aliphatic carboxylic acids is 1. The molecule has 0 radical (unpaired) electrons. The molecule has 1 aliphatic heterocycles. The summed E-state index contributed by atoms with van der Waals surface area (Å²) in [6, 6.07) is 2.85. The van der Waals surface area contributed by atoms with Crippen molar-refractivity contribution in [2.75, 3.05) is 20.8 Å². The van der Waals surface area contributed by atoms with E-state index in [2.05, 4.69) is 5.32 Å². The van der Waals surface area contributed by atoms with Crippen molar-refractivity contribution in [1.29, 1.82) is 0 Å². The highest BCUT2D eigenvalue weighted by Gasteiger charge is 2.28. The van der Waals surface area contributed by atoms with Crippen LogP contribution in [0.2, 0.25) is 0 Å². The average Bonchev–Trinajstić information content (AvgIpc) is 2.36. The van der Waals surface area contributed by atoms with Gasteiger partial charge in [-0.25, -0.2) is 0 Å². The average molecular weight is 237 g/mol. The third-order valence-corrected chi connectivity index (χ3v) is 2.97. The maximum absolute atomic E-state index is 11.1. The number of carbonyl (C=O) groups is 1. The number of carboxylic acids is 1. The van der Waals surface area contributed by atoms with Gasteiger partial charge in [0.25, 0.3) is 0 Å². The van der Waals surface area contributed by atoms with E-state index < -0.39 is 12.0 Å². The van der Waals surface area contributed by atoms with E-state index in [4.69, 9.17) is 14.6 Å². The van der Waals surface area contributed by atoms with Crippen molar-refractivity contribution < 1.29 is 19.4 Å². The molecule has 1 aliphatic rings. The summed E-state index contributed by atoms with van der Waals surface area (Å²) in [5.74, 6) is 0.396. The maximum Gasteiger partial charge on any atom is 0.325 e. The van der Waals surface area contributed by atoms with Crippen LogP contribution in [0.15, 0.2) is 12.1 Å². The van der Waals surface area contributed by atoms with Gasteiger partial charge in [0.1, 0.15) is 6.04 Å². The van der Waals surface area contributed by atoms with Crippen molar-refractivity contribution in [3.05, 3.63) is 23.3 Å². The summed E-state index contributed by atoms with van der Waals surface area (Å²) in [6.07, 6.45) is 0.736. The third-order valence-electron chi connectivity index (χ3n) is 2.97. The summed E-state index contributed by atoms with van der Waals surface area (Å²) in [5.41, 5.74) is 1.67. The van der Waals surface area contributed by atoms with Crippen molar-refractivity contribution in [3.8, 4) is 11.5 Å². The molecular weight excluding hydrogens is 222 g/mol. The van der Waals surface area contributed by atoms with E-state index in [9.17, 15) is 4.79 Å². The fourth-order valence-electron chi connectivity index (χ4n) is 2.21. The van der Waals surface area contributed by atoms with Crippen LogP contribution in [0.3, 0.4) is 0 Å². The number of methoxy groups -OCH3 is 2. The number of carboxylic acid groups (broad SMARTS) is 1. The van der Waals surface area contributed by atoms with Gasteiger partial charge in [0.15, 0.2) is 11.5 Å². The van der Waals surface area contributed by atoms with Gasteiger partial charge in [0.2, 0.25) is 0 Å². The van der Waals surface area contributed by atoms with Crippen LogP contribution < -0.4 is 14.8 Å². The zero-order valence-electron chi connectivity index (χ0n) is 9.82. The van der Waals surface area contributed by atoms with Crippen molar-refractivity contribution in [2.24, 2.45) is 0 Å². The summed E-state index contributed by atoms with van der Waals surface area (Å²) in [6.45, 7) is 0.619. The molecule has 0 aliphatic carbocycles. The van der Waals surface area contributed by atoms with E-state index in [-0.39, 0.29) is 0 Å². The van der Waals surface area contributed by atoms with Crippen LogP contribution >= 0.6 is 0 Å². The maximum atomic E-state index is 11.1. The van der Waals surface area contributed by atoms with Crippen LogP contribution in [0.5, 0.6) is 11.5 Å². The second kappa shape index (κ2) is 4.63. The quantitative estimate of drug-likeness (QED) is 0.820. The SMILES string of the molecule is COc1ccc2c(c1OC)CCNC2C(=O)O. The topological polar surface area (TPSA) is 67.8 Å². The summed E-state index contributed by atoms with van der Waals surface area (Å²) in [4.78, 5) is 11.1. The lowest BCUT2D eigenvalue weighted by molar-refractivity contribution is -0.139. The number of benzene rings is 1. The van der Waals surface area contributed by atoms with Crippen LogP contribution in [0.1, 0.15) is 17.2 Å². The first kappa shape index (κ1) is 11.7. The standard InChI is InChI=1S/C12H15NO4/c1-16-9-4-3-7-8(11(9)17-2)5-6-13-10(7)12(14)15/h3-4,10,13H,5-6H2,1-2H3,(H,14,15). The molecule has 1 atom stereocenters. The Hall–Kier alpha value is -1.75. The Bertz CT molecular complexity index is 444. The molecule has 1 aromatic carbocycles. The van der Waals surface area contributed by atoms with E-state index >= 15 is 0 Å². The van der Waals surface area contributed by atoms with Crippen molar-refractivity contribution in [3.63, 3.8) is 0 Å². The molecule has 1 aromatic rings. The molecule has 0 bridgehead atoms. The Morgan fingerprint density at radius 3 is 2.76 bits per heavy atom. The molecule has 2 rings (SSSR count). The van der Waals surface area contributed by atoms with Crippen LogP contribution in [0, 0.1) is 0 Å². The van der Waals surface area contributed by atoms with Gasteiger partial charge in [-0.15, -0.1) is 0 Å². The number of hydrogen-bond acceptors (Lipinski definition) is 4. The van der Waals surface area contributed by atoms with Gasteiger partial charge in [-0.2, -0.15) is 0 Å². The lowest BCUT2D eigenvalue weighted by Crippen LogP contribution is -2.35. The summed E-state index contributed by atoms with van der Waals surface area (Å²) in [5, 5.41) is 12.1. The fourth-order valence-corrected chi connectivity index (χ4v) is 2.21. The van der Waals surface area contributed by atoms with Gasteiger partial charge in [0, 0.05) is 12.1 Å². The van der Waals surface area contributed by atoms with Gasteiger partial charge < -0.3 is 19.9 Å². The molecule has 0 aromatic heterocycles. The van der Waals surface area contributed by atoms with Gasteiger partial charge in [0.05, 0.1) is 14.2 Å². The highest BCUT2D eigenvalue weighted by Crippen LogP contribution is 2.37. The zero-order chi connectivity index (χ0) is 12.4. The normalized spacial score (nSPS) is 18.4. The largest absolute Gasteiger partial charge is 0.493 e. The Labute approximate surface area is 99.3 Å². The number of hydrogen-bond donors (Lipinski definition) is 2. The molecule has 1 heterocycles. The second-order valence-electron chi connectivity index (χ2n) is 3.84. The molecule has 0 spiro atoms. The first-order valence-electron chi connectivity index (χ1n) is 5.39. The van der Waals surface area contributed by atoms with Gasteiger partial charge in [-0.05, 0) is 18.1 Å². The lowest BCUT2D eigenvalue weighted by Gasteiger charge is -2.26. The number of fused-ring (bicyclic) bond motifs is 1. The second-order valence-corrected chi connectivity index (χ2v) is 3.84. The molecule has 0 fully saturated rings. The molecule has 2 N–H and O–H groups in total. The van der Waals surface area contributed by atoms with E-state index in [0.29, 0.717) is 18.0 Å². The van der Waals surface area contributed by atoms with Crippen LogP contribution in [-0.2, 0) is 11.2 Å². The zero-order valence-corrected chi connectivity index (χ0v) is 9.82. The molecule has 0 amide bonds.